The molecule has 118 valence electrons. The highest BCUT2D eigenvalue weighted by Crippen LogP contribution is 2.32. The number of nitrogens with one attached hydrogen (secondary N) is 1. The Morgan fingerprint density at radius 1 is 1.24 bits per heavy atom. The van der Waals surface area contributed by atoms with Crippen molar-refractivity contribution in [2.45, 2.75) is 43.4 Å². The maximum Gasteiger partial charge on any atom is 0.243 e. The minimum Gasteiger partial charge on any atom is -0.398 e. The smallest absolute Gasteiger partial charge is 0.243 e. The molecule has 4 nitrogen and oxygen atoms in total. The molecule has 7 heteroatoms. The molecule has 1 aliphatic carbocycles. The second-order valence-corrected chi connectivity index (χ2v) is 8.97. The third-order valence-corrected chi connectivity index (χ3v) is 6.78. The normalized spacial score (nSPS) is 16.5. The predicted molar refractivity (Wildman–Crippen MR) is 92.6 cm³/mol. The Balaban J connectivity index is 1.95. The first-order valence-corrected chi connectivity index (χ1v) is 10.2. The van der Waals surface area contributed by atoms with E-state index in [0.29, 0.717) is 11.0 Å². The number of sulfonamides is 1. The number of nitrogens with two attached hydrogens (primary N) is 1. The van der Waals surface area contributed by atoms with Crippen molar-refractivity contribution in [2.24, 2.45) is 5.92 Å². The molecule has 0 amide bonds. The van der Waals surface area contributed by atoms with E-state index in [-0.39, 0.29) is 10.6 Å². The number of halogens is 2. The van der Waals surface area contributed by atoms with Crippen LogP contribution in [0.4, 0.5) is 5.69 Å². The van der Waals surface area contributed by atoms with Crippen molar-refractivity contribution in [2.75, 3.05) is 12.3 Å². The molecule has 0 heterocycles. The lowest BCUT2D eigenvalue weighted by Gasteiger charge is -2.12. The van der Waals surface area contributed by atoms with Crippen molar-refractivity contribution in [1.82, 2.24) is 4.72 Å². The van der Waals surface area contributed by atoms with E-state index in [1.807, 2.05) is 0 Å². The highest BCUT2D eigenvalue weighted by Gasteiger charge is 2.21. The van der Waals surface area contributed by atoms with Gasteiger partial charge in [0.25, 0.3) is 0 Å². The van der Waals surface area contributed by atoms with Gasteiger partial charge in [0.05, 0.1) is 5.69 Å². The quantitative estimate of drug-likeness (QED) is 0.518. The number of hydrogen-bond acceptors (Lipinski definition) is 3. The summed E-state index contributed by atoms with van der Waals surface area (Å²) in [6.07, 6.45) is 7.19. The maximum atomic E-state index is 12.3. The van der Waals surface area contributed by atoms with Crippen LogP contribution in [0.15, 0.2) is 26.0 Å². The molecule has 0 aromatic heterocycles. The van der Waals surface area contributed by atoms with Crippen molar-refractivity contribution in [3.63, 3.8) is 0 Å². The molecule has 1 aliphatic rings. The van der Waals surface area contributed by atoms with Gasteiger partial charge in [-0.25, -0.2) is 13.1 Å². The maximum absolute atomic E-state index is 12.3. The van der Waals surface area contributed by atoms with Gasteiger partial charge in [0.1, 0.15) is 4.90 Å². The van der Waals surface area contributed by atoms with Gasteiger partial charge in [-0.1, -0.05) is 41.6 Å². The molecule has 0 aliphatic heterocycles. The van der Waals surface area contributed by atoms with Crippen LogP contribution in [0.3, 0.4) is 0 Å². The van der Waals surface area contributed by atoms with E-state index in [1.165, 1.54) is 25.7 Å². The molecule has 1 saturated carbocycles. The fourth-order valence-electron chi connectivity index (χ4n) is 2.83. The molecule has 0 spiro atoms. The van der Waals surface area contributed by atoms with Crippen LogP contribution in [-0.4, -0.2) is 15.0 Å². The van der Waals surface area contributed by atoms with E-state index in [0.717, 1.165) is 23.2 Å². The zero-order valence-electron chi connectivity index (χ0n) is 11.7. The number of nitrogen functional groups attached to an aromatic ring is 1. The highest BCUT2D eigenvalue weighted by molar-refractivity contribution is 9.11. The van der Waals surface area contributed by atoms with Crippen LogP contribution in [0.1, 0.15) is 38.5 Å². The molecule has 1 fully saturated rings. The van der Waals surface area contributed by atoms with Crippen LogP contribution < -0.4 is 10.5 Å². The summed E-state index contributed by atoms with van der Waals surface area (Å²) in [5.74, 6) is 0.777. The lowest BCUT2D eigenvalue weighted by molar-refractivity contribution is 0.480. The first-order valence-electron chi connectivity index (χ1n) is 7.14. The number of rotatable bonds is 6. The molecule has 0 saturated heterocycles. The van der Waals surface area contributed by atoms with E-state index in [2.05, 4.69) is 36.6 Å². The van der Waals surface area contributed by atoms with Crippen LogP contribution in [0.2, 0.25) is 0 Å². The van der Waals surface area contributed by atoms with Gasteiger partial charge in [0.2, 0.25) is 10.0 Å². The third-order valence-electron chi connectivity index (χ3n) is 3.86. The Hall–Kier alpha value is -0.110. The molecule has 0 atom stereocenters. The average Bonchev–Trinajstić information content (AvgIpc) is 2.86. The minimum atomic E-state index is -3.58. The van der Waals surface area contributed by atoms with Crippen LogP contribution in [-0.2, 0) is 10.0 Å². The second-order valence-electron chi connectivity index (χ2n) is 5.50. The zero-order valence-corrected chi connectivity index (χ0v) is 15.7. The summed E-state index contributed by atoms with van der Waals surface area (Å²) < 4.78 is 28.5. The van der Waals surface area contributed by atoms with Crippen LogP contribution >= 0.6 is 31.9 Å². The molecule has 0 radical (unpaired) electrons. The van der Waals surface area contributed by atoms with Crippen molar-refractivity contribution >= 4 is 47.6 Å². The Kier molecular flexibility index (Phi) is 6.11. The van der Waals surface area contributed by atoms with Gasteiger partial charge >= 0.3 is 0 Å². The van der Waals surface area contributed by atoms with Gasteiger partial charge in [-0.05, 0) is 46.8 Å². The Morgan fingerprint density at radius 3 is 2.52 bits per heavy atom. The summed E-state index contributed by atoms with van der Waals surface area (Å²) in [6.45, 7) is 0.459. The van der Waals surface area contributed by atoms with Gasteiger partial charge in [-0.2, -0.15) is 0 Å². The zero-order chi connectivity index (χ0) is 15.5. The van der Waals surface area contributed by atoms with E-state index in [1.54, 1.807) is 12.1 Å². The van der Waals surface area contributed by atoms with Gasteiger partial charge < -0.3 is 5.73 Å². The molecule has 1 aromatic rings. The first-order chi connectivity index (χ1) is 9.90. The molecular formula is C14H20Br2N2O2S. The first kappa shape index (κ1) is 17.2. The number of benzene rings is 1. The number of anilines is 1. The molecule has 0 unspecified atom stereocenters. The molecule has 3 N–H and O–H groups in total. The van der Waals surface area contributed by atoms with Crippen LogP contribution in [0.25, 0.3) is 0 Å². The summed E-state index contributed by atoms with van der Waals surface area (Å²) in [6, 6.07) is 3.28. The summed E-state index contributed by atoms with van der Waals surface area (Å²) in [7, 11) is -3.58. The average molecular weight is 440 g/mol. The molecule has 1 aromatic carbocycles. The van der Waals surface area contributed by atoms with Crippen LogP contribution in [0, 0.1) is 5.92 Å². The Labute approximate surface area is 143 Å². The molecule has 21 heavy (non-hydrogen) atoms. The number of hydrogen-bond donors (Lipinski definition) is 2. The lowest BCUT2D eigenvalue weighted by atomic mass is 10.0. The molecular weight excluding hydrogens is 420 g/mol. The molecule has 2 rings (SSSR count). The largest absolute Gasteiger partial charge is 0.398 e. The van der Waals surface area contributed by atoms with Crippen molar-refractivity contribution in [1.29, 1.82) is 0 Å². The Morgan fingerprint density at radius 2 is 1.90 bits per heavy atom. The van der Waals surface area contributed by atoms with Crippen molar-refractivity contribution in [3.05, 3.63) is 21.1 Å². The fourth-order valence-corrected chi connectivity index (χ4v) is 5.97. The topological polar surface area (TPSA) is 72.2 Å². The van der Waals surface area contributed by atoms with Gasteiger partial charge in [0, 0.05) is 15.5 Å². The predicted octanol–water partition coefficient (Wildman–Crippen LogP) is 4.04. The van der Waals surface area contributed by atoms with E-state index in [9.17, 15) is 8.42 Å². The standard InChI is InChI=1S/C14H20Br2N2O2S/c15-11-8-12(16)14(13(17)9-11)21(19,20)18-7-3-6-10-4-1-2-5-10/h8-10,18H,1-7,17H2. The SMILES string of the molecule is Nc1cc(Br)cc(Br)c1S(=O)(=O)NCCCC1CCCC1. The van der Waals surface area contributed by atoms with Gasteiger partial charge in [0.15, 0.2) is 0 Å². The minimum absolute atomic E-state index is 0.117. The van der Waals surface area contributed by atoms with Crippen molar-refractivity contribution < 1.29 is 8.42 Å². The summed E-state index contributed by atoms with van der Waals surface area (Å²) in [5.41, 5.74) is 6.07. The third kappa shape index (κ3) is 4.68. The van der Waals surface area contributed by atoms with Gasteiger partial charge in [-0.3, -0.25) is 0 Å². The monoisotopic (exact) mass is 438 g/mol. The van der Waals surface area contributed by atoms with Crippen molar-refractivity contribution in [3.8, 4) is 0 Å². The highest BCUT2D eigenvalue weighted by atomic mass is 79.9. The van der Waals surface area contributed by atoms with E-state index >= 15 is 0 Å². The summed E-state index contributed by atoms with van der Waals surface area (Å²) in [5, 5.41) is 0. The second kappa shape index (κ2) is 7.44. The van der Waals surface area contributed by atoms with Gasteiger partial charge in [-0.15, -0.1) is 0 Å². The fraction of sp³-hybridized carbons (Fsp3) is 0.571. The van der Waals surface area contributed by atoms with E-state index in [4.69, 9.17) is 5.73 Å². The van der Waals surface area contributed by atoms with Crippen LogP contribution in [0.5, 0.6) is 0 Å². The summed E-state index contributed by atoms with van der Waals surface area (Å²) >= 11 is 6.56. The van der Waals surface area contributed by atoms with E-state index < -0.39 is 10.0 Å². The Bertz CT molecular complexity index is 576. The summed E-state index contributed by atoms with van der Waals surface area (Å²) in [4.78, 5) is 0.117. The molecule has 0 bridgehead atoms. The lowest BCUT2D eigenvalue weighted by Crippen LogP contribution is -2.26.